The van der Waals surface area contributed by atoms with Gasteiger partial charge < -0.3 is 4.90 Å². The summed E-state index contributed by atoms with van der Waals surface area (Å²) >= 11 is 6.18. The highest BCUT2D eigenvalue weighted by molar-refractivity contribution is 6.31. The summed E-state index contributed by atoms with van der Waals surface area (Å²) in [4.78, 5) is 6.65. The van der Waals surface area contributed by atoms with Gasteiger partial charge in [-0.05, 0) is 35.7 Å². The molecule has 4 heteroatoms. The molecule has 0 amide bonds. The number of hydrogen-bond acceptors (Lipinski definition) is 3. The third kappa shape index (κ3) is 2.42. The molecule has 1 aromatic heterocycles. The summed E-state index contributed by atoms with van der Waals surface area (Å²) in [6.07, 6.45) is 2.64. The highest BCUT2D eigenvalue weighted by Crippen LogP contribution is 2.34. The van der Waals surface area contributed by atoms with Gasteiger partial charge in [-0.1, -0.05) is 35.9 Å². The monoisotopic (exact) mass is 319 g/mol. The largest absolute Gasteiger partial charge is 0.365 e. The molecule has 0 bridgehead atoms. The Morgan fingerprint density at radius 1 is 1.13 bits per heavy atom. The van der Waals surface area contributed by atoms with E-state index in [2.05, 4.69) is 40.2 Å². The van der Waals surface area contributed by atoms with Crippen LogP contribution in [0.15, 0.2) is 48.7 Å². The molecule has 4 rings (SSSR count). The fourth-order valence-corrected chi connectivity index (χ4v) is 3.43. The van der Waals surface area contributed by atoms with Crippen molar-refractivity contribution in [2.75, 3.05) is 11.4 Å². The van der Waals surface area contributed by atoms with Crippen LogP contribution >= 0.6 is 11.6 Å². The number of aromatic nitrogens is 1. The number of hydrogen-bond donors (Lipinski definition) is 0. The molecule has 1 aliphatic rings. The van der Waals surface area contributed by atoms with Crippen molar-refractivity contribution in [3.8, 4) is 6.07 Å². The van der Waals surface area contributed by atoms with E-state index in [1.165, 1.54) is 11.1 Å². The van der Waals surface area contributed by atoms with Gasteiger partial charge >= 0.3 is 0 Å². The normalized spacial score (nSPS) is 13.7. The van der Waals surface area contributed by atoms with E-state index >= 15 is 0 Å². The van der Waals surface area contributed by atoms with Gasteiger partial charge in [-0.15, -0.1) is 0 Å². The van der Waals surface area contributed by atoms with Crippen LogP contribution in [0.3, 0.4) is 0 Å². The predicted octanol–water partition coefficient (Wildman–Crippen LogP) is 4.32. The van der Waals surface area contributed by atoms with Gasteiger partial charge in [0.25, 0.3) is 0 Å². The van der Waals surface area contributed by atoms with Crippen molar-refractivity contribution in [3.63, 3.8) is 0 Å². The van der Waals surface area contributed by atoms with Crippen molar-refractivity contribution >= 4 is 28.2 Å². The smallest absolute Gasteiger partial charge is 0.103 e. The highest BCUT2D eigenvalue weighted by Gasteiger charge is 2.21. The van der Waals surface area contributed by atoms with Gasteiger partial charge in [0.2, 0.25) is 0 Å². The third-order valence-corrected chi connectivity index (χ3v) is 4.60. The van der Waals surface area contributed by atoms with Crippen LogP contribution in [-0.2, 0) is 13.0 Å². The third-order valence-electron chi connectivity index (χ3n) is 4.37. The molecule has 23 heavy (non-hydrogen) atoms. The Kier molecular flexibility index (Phi) is 3.40. The van der Waals surface area contributed by atoms with Gasteiger partial charge in [-0.3, -0.25) is 4.98 Å². The fourth-order valence-electron chi connectivity index (χ4n) is 3.26. The summed E-state index contributed by atoms with van der Waals surface area (Å²) in [5.41, 5.74) is 5.10. The van der Waals surface area contributed by atoms with E-state index in [1.54, 1.807) is 6.20 Å². The highest BCUT2D eigenvalue weighted by atomic mass is 35.5. The molecular weight excluding hydrogens is 306 g/mol. The van der Waals surface area contributed by atoms with Crippen LogP contribution < -0.4 is 4.90 Å². The van der Waals surface area contributed by atoms with Crippen molar-refractivity contribution in [1.82, 2.24) is 4.98 Å². The van der Waals surface area contributed by atoms with Gasteiger partial charge in [0.05, 0.1) is 16.8 Å². The SMILES string of the molecule is N#Cc1cnc2ccc(Cl)cc2c1N1CCc2ccccc2C1. The first kappa shape index (κ1) is 14.0. The number of anilines is 1. The zero-order chi connectivity index (χ0) is 15.8. The Labute approximate surface area is 139 Å². The van der Waals surface area contributed by atoms with Crippen LogP contribution in [0.5, 0.6) is 0 Å². The molecule has 0 N–H and O–H groups in total. The van der Waals surface area contributed by atoms with Crippen LogP contribution in [0.1, 0.15) is 16.7 Å². The summed E-state index contributed by atoms with van der Waals surface area (Å²) in [5.74, 6) is 0. The molecule has 0 radical (unpaired) electrons. The Hall–Kier alpha value is -2.57. The van der Waals surface area contributed by atoms with Crippen LogP contribution in [0.25, 0.3) is 10.9 Å². The van der Waals surface area contributed by atoms with E-state index in [0.717, 1.165) is 36.1 Å². The van der Waals surface area contributed by atoms with Gasteiger partial charge in [0.1, 0.15) is 6.07 Å². The lowest BCUT2D eigenvalue weighted by atomic mass is 9.98. The summed E-state index contributed by atoms with van der Waals surface area (Å²) in [7, 11) is 0. The molecule has 112 valence electrons. The van der Waals surface area contributed by atoms with Crippen molar-refractivity contribution in [3.05, 3.63) is 70.4 Å². The lowest BCUT2D eigenvalue weighted by molar-refractivity contribution is 0.733. The molecule has 1 aliphatic heterocycles. The zero-order valence-corrected chi connectivity index (χ0v) is 13.2. The minimum Gasteiger partial charge on any atom is -0.365 e. The van der Waals surface area contributed by atoms with Gasteiger partial charge in [0.15, 0.2) is 0 Å². The number of nitrogens with zero attached hydrogens (tertiary/aromatic N) is 3. The average Bonchev–Trinajstić information content (AvgIpc) is 2.60. The average molecular weight is 320 g/mol. The van der Waals surface area contributed by atoms with Crippen LogP contribution in [-0.4, -0.2) is 11.5 Å². The Bertz CT molecular complexity index is 943. The Morgan fingerprint density at radius 2 is 1.96 bits per heavy atom. The number of nitriles is 1. The number of benzene rings is 2. The lowest BCUT2D eigenvalue weighted by Crippen LogP contribution is -2.31. The second-order valence-corrected chi connectivity index (χ2v) is 6.17. The van der Waals surface area contributed by atoms with E-state index in [9.17, 15) is 5.26 Å². The fraction of sp³-hybridized carbons (Fsp3) is 0.158. The maximum atomic E-state index is 9.52. The minimum atomic E-state index is 0.596. The predicted molar refractivity (Wildman–Crippen MR) is 92.7 cm³/mol. The van der Waals surface area contributed by atoms with Crippen LogP contribution in [0.4, 0.5) is 5.69 Å². The molecule has 0 saturated heterocycles. The maximum absolute atomic E-state index is 9.52. The van der Waals surface area contributed by atoms with Crippen molar-refractivity contribution in [1.29, 1.82) is 5.26 Å². The van der Waals surface area contributed by atoms with E-state index < -0.39 is 0 Å². The molecule has 0 spiro atoms. The zero-order valence-electron chi connectivity index (χ0n) is 12.5. The van der Waals surface area contributed by atoms with Crippen LogP contribution in [0.2, 0.25) is 5.02 Å². The second-order valence-electron chi connectivity index (χ2n) is 5.73. The first-order valence-corrected chi connectivity index (χ1v) is 7.94. The van der Waals surface area contributed by atoms with Gasteiger partial charge in [-0.2, -0.15) is 5.26 Å². The maximum Gasteiger partial charge on any atom is 0.103 e. The Balaban J connectivity index is 1.88. The summed E-state index contributed by atoms with van der Waals surface area (Å²) < 4.78 is 0. The van der Waals surface area contributed by atoms with Crippen molar-refractivity contribution < 1.29 is 0 Å². The van der Waals surface area contributed by atoms with Crippen molar-refractivity contribution in [2.24, 2.45) is 0 Å². The lowest BCUT2D eigenvalue weighted by Gasteiger charge is -2.32. The molecule has 0 aliphatic carbocycles. The minimum absolute atomic E-state index is 0.596. The number of fused-ring (bicyclic) bond motifs is 2. The quantitative estimate of drug-likeness (QED) is 0.670. The topological polar surface area (TPSA) is 39.9 Å². The number of rotatable bonds is 1. The molecule has 2 aromatic carbocycles. The molecule has 0 fully saturated rings. The van der Waals surface area contributed by atoms with Crippen molar-refractivity contribution in [2.45, 2.75) is 13.0 Å². The van der Waals surface area contributed by atoms with E-state index in [0.29, 0.717) is 10.6 Å². The first-order valence-electron chi connectivity index (χ1n) is 7.56. The summed E-state index contributed by atoms with van der Waals surface area (Å²) in [6.45, 7) is 1.69. The standard InChI is InChI=1S/C19H14ClN3/c20-16-5-6-18-17(9-16)19(15(10-21)11-22-18)23-8-7-13-3-1-2-4-14(13)12-23/h1-6,9,11H,7-8,12H2. The summed E-state index contributed by atoms with van der Waals surface area (Å²) in [6, 6.07) is 16.4. The number of pyridine rings is 1. The summed E-state index contributed by atoms with van der Waals surface area (Å²) in [5, 5.41) is 11.1. The second kappa shape index (κ2) is 5.57. The molecule has 0 atom stereocenters. The molecule has 3 nitrogen and oxygen atoms in total. The Morgan fingerprint density at radius 3 is 2.78 bits per heavy atom. The molecule has 2 heterocycles. The number of halogens is 1. The first-order chi connectivity index (χ1) is 11.3. The molecule has 0 saturated carbocycles. The van der Waals surface area contributed by atoms with E-state index in [4.69, 9.17) is 11.6 Å². The molecule has 0 unspecified atom stereocenters. The molecule has 3 aromatic rings. The van der Waals surface area contributed by atoms with Crippen LogP contribution in [0, 0.1) is 11.3 Å². The van der Waals surface area contributed by atoms with E-state index in [1.807, 2.05) is 18.2 Å². The van der Waals surface area contributed by atoms with Gasteiger partial charge in [0, 0.05) is 29.7 Å². The van der Waals surface area contributed by atoms with E-state index in [-0.39, 0.29) is 0 Å². The van der Waals surface area contributed by atoms with Gasteiger partial charge in [-0.25, -0.2) is 0 Å². The molecular formula is C19H14ClN3.